The Hall–Kier alpha value is -2.44. The first-order valence-corrected chi connectivity index (χ1v) is 12.6. The van der Waals surface area contributed by atoms with Crippen LogP contribution in [0.5, 0.6) is 0 Å². The molecule has 3 aromatic carbocycles. The fourth-order valence-corrected chi connectivity index (χ4v) is 9.18. The van der Waals surface area contributed by atoms with E-state index < -0.39 is 12.7 Å². The van der Waals surface area contributed by atoms with E-state index in [1.165, 1.54) is 15.9 Å². The molecule has 0 atom stereocenters. The summed E-state index contributed by atoms with van der Waals surface area (Å²) in [6.07, 6.45) is 1.72. The van der Waals surface area contributed by atoms with Gasteiger partial charge in [0.1, 0.15) is 0 Å². The van der Waals surface area contributed by atoms with E-state index >= 15 is 0 Å². The number of rotatable bonds is 8. The number of esters is 1. The van der Waals surface area contributed by atoms with Crippen LogP contribution in [0.4, 0.5) is 0 Å². The van der Waals surface area contributed by atoms with Crippen LogP contribution in [0.25, 0.3) is 0 Å². The summed E-state index contributed by atoms with van der Waals surface area (Å²) < 4.78 is 5.37. The Labute approximate surface area is 175 Å². The predicted molar refractivity (Wildman–Crippen MR) is 126 cm³/mol. The summed E-state index contributed by atoms with van der Waals surface area (Å²) in [6.45, 7) is 6.29. The van der Waals surface area contributed by atoms with Crippen molar-refractivity contribution in [3.63, 3.8) is 0 Å². The van der Waals surface area contributed by atoms with Crippen molar-refractivity contribution in [2.45, 2.75) is 27.2 Å². The summed E-state index contributed by atoms with van der Waals surface area (Å²) in [5.41, 5.74) is -0.521. The van der Waals surface area contributed by atoms with Crippen LogP contribution in [0.15, 0.2) is 91.0 Å². The van der Waals surface area contributed by atoms with Crippen molar-refractivity contribution in [2.24, 2.45) is 5.41 Å². The quantitative estimate of drug-likeness (QED) is 0.401. The van der Waals surface area contributed by atoms with Gasteiger partial charge in [-0.2, -0.15) is 0 Å². The fraction of sp³-hybridized carbons (Fsp3) is 0.269. The van der Waals surface area contributed by atoms with Gasteiger partial charge >= 0.3 is 175 Å². The van der Waals surface area contributed by atoms with Crippen molar-refractivity contribution in [1.82, 2.24) is 0 Å². The summed E-state index contributed by atoms with van der Waals surface area (Å²) in [5.74, 6) is -0.114. The molecule has 0 heterocycles. The van der Waals surface area contributed by atoms with E-state index in [1.807, 2.05) is 20.8 Å². The van der Waals surface area contributed by atoms with E-state index in [4.69, 9.17) is 4.74 Å². The fourth-order valence-electron chi connectivity index (χ4n) is 4.03. The third-order valence-corrected chi connectivity index (χ3v) is 10.7. The van der Waals surface area contributed by atoms with Crippen LogP contribution in [-0.4, -0.2) is 18.7 Å². The molecule has 3 rings (SSSR count). The van der Waals surface area contributed by atoms with Crippen LogP contribution in [0.1, 0.15) is 27.2 Å². The molecule has 0 amide bonds. The molecule has 0 bridgehead atoms. The van der Waals surface area contributed by atoms with Crippen LogP contribution in [0.3, 0.4) is 0 Å². The zero-order valence-corrected chi connectivity index (χ0v) is 18.6. The van der Waals surface area contributed by atoms with Crippen LogP contribution in [0.2, 0.25) is 0 Å². The molecule has 0 unspecified atom stereocenters. The van der Waals surface area contributed by atoms with Gasteiger partial charge in [-0.3, -0.25) is 0 Å². The molecule has 0 saturated heterocycles. The molecular formula is C26H31O2P. The molecule has 3 heteroatoms. The van der Waals surface area contributed by atoms with Gasteiger partial charge in [-0.05, 0) is 0 Å². The Kier molecular flexibility index (Phi) is 6.87. The van der Waals surface area contributed by atoms with Gasteiger partial charge < -0.3 is 0 Å². The normalized spacial score (nSPS) is 12.4. The van der Waals surface area contributed by atoms with E-state index in [9.17, 15) is 4.79 Å². The van der Waals surface area contributed by atoms with E-state index in [-0.39, 0.29) is 5.97 Å². The number of hydrogen-bond donors (Lipinski definition) is 0. The second-order valence-corrected chi connectivity index (χ2v) is 12.2. The van der Waals surface area contributed by atoms with E-state index in [0.717, 1.165) is 12.6 Å². The second kappa shape index (κ2) is 9.37. The standard InChI is InChI=1S/C26H31O2P/c1-4-28-25(27)26(2,3)20-21-29(22-14-8-5-9-15-22,23-16-10-6-11-17-23)24-18-12-7-13-19-24/h5-19,29H,4,20-21H2,1-3H3. The third-order valence-electron chi connectivity index (χ3n) is 5.75. The molecule has 152 valence electrons. The molecule has 0 spiro atoms. The van der Waals surface area contributed by atoms with Gasteiger partial charge in [0.25, 0.3) is 0 Å². The topological polar surface area (TPSA) is 26.3 Å². The van der Waals surface area contributed by atoms with Crippen LogP contribution >= 0.6 is 7.26 Å². The Morgan fingerprint density at radius 1 is 0.759 bits per heavy atom. The van der Waals surface area contributed by atoms with E-state index in [2.05, 4.69) is 91.0 Å². The molecule has 3 aromatic rings. The van der Waals surface area contributed by atoms with Gasteiger partial charge in [-0.1, -0.05) is 0 Å². The molecule has 2 nitrogen and oxygen atoms in total. The molecule has 0 radical (unpaired) electrons. The summed E-state index contributed by atoms with van der Waals surface area (Å²) in [4.78, 5) is 12.6. The first-order chi connectivity index (χ1) is 14.0. The van der Waals surface area contributed by atoms with Gasteiger partial charge in [0.2, 0.25) is 0 Å². The Bertz CT molecular complexity index is 809. The monoisotopic (exact) mass is 406 g/mol. The molecule has 0 saturated carbocycles. The van der Waals surface area contributed by atoms with Crippen LogP contribution in [-0.2, 0) is 9.53 Å². The van der Waals surface area contributed by atoms with E-state index in [1.54, 1.807) is 0 Å². The van der Waals surface area contributed by atoms with Gasteiger partial charge in [0.05, 0.1) is 0 Å². The number of carbonyl (C=O) groups excluding carboxylic acids is 1. The summed E-state index contributed by atoms with van der Waals surface area (Å²) in [7, 11) is -2.31. The SMILES string of the molecule is CCOC(=O)C(C)(C)CC[PH](c1ccccc1)(c1ccccc1)c1ccccc1. The van der Waals surface area contributed by atoms with E-state index in [0.29, 0.717) is 6.61 Å². The minimum atomic E-state index is -2.31. The number of ether oxygens (including phenoxy) is 1. The maximum atomic E-state index is 12.6. The molecule has 0 aromatic heterocycles. The van der Waals surface area contributed by atoms with Gasteiger partial charge in [0, 0.05) is 0 Å². The van der Waals surface area contributed by atoms with Crippen molar-refractivity contribution in [3.05, 3.63) is 91.0 Å². The molecule has 0 fully saturated rings. The van der Waals surface area contributed by atoms with Gasteiger partial charge in [-0.25, -0.2) is 0 Å². The molecule has 0 N–H and O–H groups in total. The summed E-state index contributed by atoms with van der Waals surface area (Å²) in [6, 6.07) is 32.5. The summed E-state index contributed by atoms with van der Waals surface area (Å²) in [5, 5.41) is 4.12. The first-order valence-electron chi connectivity index (χ1n) is 10.3. The minimum absolute atomic E-state index is 0.114. The van der Waals surface area contributed by atoms with Crippen molar-refractivity contribution in [2.75, 3.05) is 12.8 Å². The zero-order valence-electron chi connectivity index (χ0n) is 17.6. The maximum absolute atomic E-state index is 12.6. The van der Waals surface area contributed by atoms with Crippen molar-refractivity contribution < 1.29 is 9.53 Å². The average Bonchev–Trinajstić information content (AvgIpc) is 2.76. The number of hydrogen-bond acceptors (Lipinski definition) is 2. The Morgan fingerprint density at radius 2 is 1.14 bits per heavy atom. The van der Waals surface area contributed by atoms with Gasteiger partial charge in [-0.15, -0.1) is 0 Å². The molecule has 29 heavy (non-hydrogen) atoms. The van der Waals surface area contributed by atoms with Crippen molar-refractivity contribution in [3.8, 4) is 0 Å². The average molecular weight is 407 g/mol. The second-order valence-electron chi connectivity index (χ2n) is 8.11. The molecule has 0 aliphatic rings. The summed E-state index contributed by atoms with van der Waals surface area (Å²) >= 11 is 0. The number of carbonyl (C=O) groups is 1. The molecule has 0 aliphatic heterocycles. The van der Waals surface area contributed by atoms with Crippen LogP contribution < -0.4 is 15.9 Å². The van der Waals surface area contributed by atoms with Gasteiger partial charge in [0.15, 0.2) is 0 Å². The number of benzene rings is 3. The Balaban J connectivity index is 2.14. The Morgan fingerprint density at radius 3 is 1.48 bits per heavy atom. The van der Waals surface area contributed by atoms with Crippen LogP contribution in [0, 0.1) is 5.41 Å². The molecular weight excluding hydrogens is 375 g/mol. The van der Waals surface area contributed by atoms with Crippen molar-refractivity contribution >= 4 is 29.1 Å². The van der Waals surface area contributed by atoms with Crippen molar-refractivity contribution in [1.29, 1.82) is 0 Å². The zero-order chi connectivity index (χ0) is 20.7. The molecule has 0 aliphatic carbocycles. The third kappa shape index (κ3) is 4.60. The first kappa shape index (κ1) is 21.3. The predicted octanol–water partition coefficient (Wildman–Crippen LogP) is 4.69.